The third-order valence-electron chi connectivity index (χ3n) is 7.98. The fourth-order valence-electron chi connectivity index (χ4n) is 5.59. The lowest BCUT2D eigenvalue weighted by Crippen LogP contribution is -2.27. The molecule has 5 aromatic heterocycles. The van der Waals surface area contributed by atoms with Crippen LogP contribution >= 0.6 is 23.2 Å². The molecule has 1 amide bonds. The molecule has 2 bridgehead atoms. The Kier molecular flexibility index (Phi) is 7.89. The van der Waals surface area contributed by atoms with Gasteiger partial charge in [-0.2, -0.15) is 5.10 Å². The molecule has 1 aliphatic rings. The third kappa shape index (κ3) is 5.80. The van der Waals surface area contributed by atoms with E-state index in [4.69, 9.17) is 33.3 Å². The lowest BCUT2D eigenvalue weighted by atomic mass is 9.97. The molecule has 0 saturated carbocycles. The van der Waals surface area contributed by atoms with Crippen molar-refractivity contribution in [3.63, 3.8) is 0 Å². The van der Waals surface area contributed by atoms with E-state index in [-0.39, 0.29) is 22.5 Å². The first-order valence-corrected chi connectivity index (χ1v) is 15.3. The molecule has 2 atom stereocenters. The van der Waals surface area contributed by atoms with E-state index in [1.54, 1.807) is 58.4 Å². The van der Waals surface area contributed by atoms with Crippen LogP contribution in [-0.4, -0.2) is 50.2 Å². The van der Waals surface area contributed by atoms with E-state index in [1.807, 2.05) is 31.2 Å². The number of aromatic nitrogens is 9. The van der Waals surface area contributed by atoms with Crippen LogP contribution in [0.5, 0.6) is 0 Å². The van der Waals surface area contributed by atoms with Crippen molar-refractivity contribution in [1.29, 1.82) is 0 Å². The van der Waals surface area contributed by atoms with Crippen LogP contribution in [0.4, 0.5) is 5.69 Å². The van der Waals surface area contributed by atoms with E-state index in [0.29, 0.717) is 58.3 Å². The van der Waals surface area contributed by atoms with Gasteiger partial charge in [-0.3, -0.25) is 24.1 Å². The number of halogens is 2. The van der Waals surface area contributed by atoms with Crippen LogP contribution in [0.3, 0.4) is 0 Å². The van der Waals surface area contributed by atoms with Crippen LogP contribution in [0.1, 0.15) is 37.9 Å². The zero-order valence-electron chi connectivity index (χ0n) is 24.5. The predicted octanol–water partition coefficient (Wildman–Crippen LogP) is 5.79. The highest BCUT2D eigenvalue weighted by Crippen LogP contribution is 2.33. The largest absolute Gasteiger partial charge is 0.323 e. The lowest BCUT2D eigenvalue weighted by molar-refractivity contribution is -0.119. The van der Waals surface area contributed by atoms with E-state index in [2.05, 4.69) is 25.6 Å². The van der Waals surface area contributed by atoms with Crippen molar-refractivity contribution in [2.75, 3.05) is 5.32 Å². The summed E-state index contributed by atoms with van der Waals surface area (Å²) < 4.78 is 4.79. The fourth-order valence-corrected chi connectivity index (χ4v) is 5.88. The van der Waals surface area contributed by atoms with Crippen molar-refractivity contribution in [2.24, 2.45) is 5.92 Å². The maximum Gasteiger partial charge on any atom is 0.254 e. The average Bonchev–Trinajstić information content (AvgIpc) is 3.69. The minimum Gasteiger partial charge on any atom is -0.323 e. The van der Waals surface area contributed by atoms with Crippen molar-refractivity contribution >= 4 is 34.8 Å². The molecule has 1 N–H and O–H groups in total. The molecule has 1 aromatic carbocycles. The Morgan fingerprint density at radius 2 is 1.76 bits per heavy atom. The zero-order valence-corrected chi connectivity index (χ0v) is 26.0. The van der Waals surface area contributed by atoms with E-state index < -0.39 is 6.04 Å². The quantitative estimate of drug-likeness (QED) is 0.253. The number of fused-ring (bicyclic) bond motifs is 4. The highest BCUT2D eigenvalue weighted by molar-refractivity contribution is 6.31. The standard InChI is InChI=1S/C32H26Cl2N10O2/c1-19-3-2-4-28(42-18-37-24(15-30(42)45)23-14-21(33)5-6-27(23)44-17-29(34)39-41-44)25-13-20(7-12-36-25)31-26(38-32(19)46)16-43(40-31)22-8-10-35-11-9-22/h5-19,28H,2-4H2,1H3,(H,38,46). The maximum absolute atomic E-state index is 13.8. The van der Waals surface area contributed by atoms with Crippen molar-refractivity contribution in [2.45, 2.75) is 32.2 Å². The molecule has 2 unspecified atom stereocenters. The number of carbonyl (C=O) groups is 1. The van der Waals surface area contributed by atoms with Gasteiger partial charge in [0.05, 0.1) is 53.2 Å². The van der Waals surface area contributed by atoms with E-state index in [0.717, 1.165) is 11.3 Å². The highest BCUT2D eigenvalue weighted by atomic mass is 35.5. The number of pyridine rings is 2. The number of hydrogen-bond donors (Lipinski definition) is 1. The summed E-state index contributed by atoms with van der Waals surface area (Å²) in [6, 6.07) is 13.6. The summed E-state index contributed by atoms with van der Waals surface area (Å²) in [6.45, 7) is 1.90. The zero-order chi connectivity index (χ0) is 31.8. The summed E-state index contributed by atoms with van der Waals surface area (Å²) in [7, 11) is 0. The van der Waals surface area contributed by atoms with Gasteiger partial charge in [-0.25, -0.2) is 14.3 Å². The van der Waals surface area contributed by atoms with Crippen LogP contribution in [0.2, 0.25) is 10.2 Å². The van der Waals surface area contributed by atoms with E-state index >= 15 is 0 Å². The van der Waals surface area contributed by atoms with Crippen molar-refractivity contribution in [3.8, 4) is 33.9 Å². The molecule has 230 valence electrons. The van der Waals surface area contributed by atoms with E-state index in [9.17, 15) is 9.59 Å². The van der Waals surface area contributed by atoms with Gasteiger partial charge in [0.1, 0.15) is 5.69 Å². The first-order valence-electron chi connectivity index (χ1n) is 14.6. The molecule has 0 radical (unpaired) electrons. The highest BCUT2D eigenvalue weighted by Gasteiger charge is 2.24. The molecule has 0 saturated heterocycles. The molecular formula is C32H26Cl2N10O2. The Balaban J connectivity index is 1.31. The van der Waals surface area contributed by atoms with Crippen molar-refractivity contribution in [3.05, 3.63) is 112 Å². The molecule has 0 spiro atoms. The fraction of sp³-hybridized carbons (Fsp3) is 0.188. The van der Waals surface area contributed by atoms with Gasteiger partial charge in [0.2, 0.25) is 5.91 Å². The number of carbonyl (C=O) groups excluding carboxylic acids is 1. The minimum atomic E-state index is -0.442. The van der Waals surface area contributed by atoms with Gasteiger partial charge in [-0.15, -0.1) is 5.10 Å². The normalized spacial score (nSPS) is 16.6. The van der Waals surface area contributed by atoms with Crippen LogP contribution < -0.4 is 10.9 Å². The number of nitrogens with zero attached hydrogens (tertiary/aromatic N) is 9. The van der Waals surface area contributed by atoms with Gasteiger partial charge in [-0.05, 0) is 55.3 Å². The molecule has 12 nitrogen and oxygen atoms in total. The van der Waals surface area contributed by atoms with Gasteiger partial charge < -0.3 is 5.32 Å². The second kappa shape index (κ2) is 12.3. The Morgan fingerprint density at radius 1 is 0.913 bits per heavy atom. The number of nitrogens with one attached hydrogen (secondary N) is 1. The predicted molar refractivity (Wildman–Crippen MR) is 173 cm³/mol. The molecule has 6 heterocycles. The number of anilines is 1. The molecule has 0 fully saturated rings. The summed E-state index contributed by atoms with van der Waals surface area (Å²) in [5.41, 5.74) is 4.74. The van der Waals surface area contributed by atoms with Gasteiger partial charge in [0, 0.05) is 46.7 Å². The number of benzene rings is 1. The monoisotopic (exact) mass is 652 g/mol. The van der Waals surface area contributed by atoms with Gasteiger partial charge >= 0.3 is 0 Å². The second-order valence-electron chi connectivity index (χ2n) is 11.0. The first kappa shape index (κ1) is 29.5. The Bertz CT molecular complexity index is 2130. The molecule has 14 heteroatoms. The SMILES string of the molecule is CC1CCCC(n2cnc(-c3cc(Cl)ccc3-n3cc(Cl)nn3)cc2=O)c2cc(ccn2)-c2nn(-c3ccncc3)cc2NC1=O. The number of hydrogen-bond acceptors (Lipinski definition) is 8. The molecule has 0 aliphatic carbocycles. The molecule has 46 heavy (non-hydrogen) atoms. The molecule has 6 aromatic rings. The molecular weight excluding hydrogens is 627 g/mol. The topological polar surface area (TPSA) is 138 Å². The Morgan fingerprint density at radius 3 is 2.54 bits per heavy atom. The first-order chi connectivity index (χ1) is 22.3. The second-order valence-corrected chi connectivity index (χ2v) is 11.8. The summed E-state index contributed by atoms with van der Waals surface area (Å²) in [5, 5.41) is 16.5. The lowest BCUT2D eigenvalue weighted by Gasteiger charge is -2.22. The van der Waals surface area contributed by atoms with Crippen LogP contribution in [0.15, 0.2) is 90.6 Å². The van der Waals surface area contributed by atoms with E-state index in [1.165, 1.54) is 17.1 Å². The third-order valence-corrected chi connectivity index (χ3v) is 8.38. The number of rotatable bonds is 4. The van der Waals surface area contributed by atoms with Crippen LogP contribution in [-0.2, 0) is 4.79 Å². The summed E-state index contributed by atoms with van der Waals surface area (Å²) in [6.07, 6.45) is 11.8. The smallest absolute Gasteiger partial charge is 0.254 e. The average molecular weight is 654 g/mol. The summed E-state index contributed by atoms with van der Waals surface area (Å²) in [5.74, 6) is -0.372. The summed E-state index contributed by atoms with van der Waals surface area (Å²) >= 11 is 12.4. The van der Waals surface area contributed by atoms with Crippen molar-refractivity contribution in [1.82, 2.24) is 44.3 Å². The summed E-state index contributed by atoms with van der Waals surface area (Å²) in [4.78, 5) is 40.5. The Hall–Kier alpha value is -5.20. The molecule has 1 aliphatic heterocycles. The minimum absolute atomic E-state index is 0.101. The van der Waals surface area contributed by atoms with Crippen molar-refractivity contribution < 1.29 is 4.79 Å². The van der Waals surface area contributed by atoms with Gasteiger partial charge in [0.15, 0.2) is 5.15 Å². The van der Waals surface area contributed by atoms with Crippen LogP contribution in [0.25, 0.3) is 33.9 Å². The Labute approximate surface area is 272 Å². The van der Waals surface area contributed by atoms with Gasteiger partial charge in [-0.1, -0.05) is 41.8 Å². The molecule has 7 rings (SSSR count). The van der Waals surface area contributed by atoms with Gasteiger partial charge in [0.25, 0.3) is 5.56 Å². The maximum atomic E-state index is 13.8. The number of amides is 1. The van der Waals surface area contributed by atoms with Crippen LogP contribution in [0, 0.1) is 5.92 Å².